The van der Waals surface area contributed by atoms with Crippen LogP contribution in [-0.4, -0.2) is 34.9 Å². The second kappa shape index (κ2) is 6.17. The van der Waals surface area contributed by atoms with Gasteiger partial charge in [0.2, 0.25) is 0 Å². The number of carboxylic acids is 1. The predicted octanol–water partition coefficient (Wildman–Crippen LogP) is 2.22. The predicted molar refractivity (Wildman–Crippen MR) is 83.0 cm³/mol. The lowest BCUT2D eigenvalue weighted by molar-refractivity contribution is -0.142. The number of aryl methyl sites for hydroxylation is 1. The first-order valence-electron chi connectivity index (χ1n) is 7.29. The van der Waals surface area contributed by atoms with E-state index >= 15 is 0 Å². The van der Waals surface area contributed by atoms with Gasteiger partial charge in [0, 0.05) is 6.42 Å². The summed E-state index contributed by atoms with van der Waals surface area (Å²) in [6.07, 6.45) is 0.907. The monoisotopic (exact) mass is 304 g/mol. The number of rotatable bonds is 5. The van der Waals surface area contributed by atoms with Crippen molar-refractivity contribution in [2.45, 2.75) is 39.2 Å². The number of carbonyl (C=O) groups excluding carboxylic acids is 1. The highest BCUT2D eigenvalue weighted by Gasteiger charge is 2.48. The molecule has 0 amide bonds. The van der Waals surface area contributed by atoms with Gasteiger partial charge in [0.25, 0.3) is 0 Å². The number of anilines is 1. The van der Waals surface area contributed by atoms with E-state index in [2.05, 4.69) is 5.10 Å². The number of hydrogen-bond acceptors (Lipinski definition) is 5. The van der Waals surface area contributed by atoms with Gasteiger partial charge in [0.15, 0.2) is 5.54 Å². The fourth-order valence-corrected chi connectivity index (χ4v) is 2.38. The molecule has 2 rings (SSSR count). The van der Waals surface area contributed by atoms with Crippen LogP contribution in [0, 0.1) is 0 Å². The summed E-state index contributed by atoms with van der Waals surface area (Å²) in [5, 5.41) is 15.2. The minimum atomic E-state index is -1.30. The van der Waals surface area contributed by atoms with Crippen LogP contribution in [0.4, 0.5) is 5.69 Å². The van der Waals surface area contributed by atoms with Gasteiger partial charge in [-0.05, 0) is 38.0 Å². The summed E-state index contributed by atoms with van der Waals surface area (Å²) in [5.74, 6) is -1.60. The summed E-state index contributed by atoms with van der Waals surface area (Å²) in [4.78, 5) is 23.5. The number of nitrogens with zero attached hydrogens (tertiary/aromatic N) is 2. The first-order chi connectivity index (χ1) is 10.4. The fourth-order valence-electron chi connectivity index (χ4n) is 2.38. The van der Waals surface area contributed by atoms with Gasteiger partial charge < -0.3 is 9.84 Å². The van der Waals surface area contributed by atoms with Crippen LogP contribution in [0.1, 0.15) is 32.8 Å². The molecule has 0 bridgehead atoms. The normalized spacial score (nSPS) is 20.7. The van der Waals surface area contributed by atoms with E-state index in [1.807, 2.05) is 31.2 Å². The molecule has 0 spiro atoms. The van der Waals surface area contributed by atoms with E-state index in [0.29, 0.717) is 5.69 Å². The molecule has 0 radical (unpaired) electrons. The van der Waals surface area contributed by atoms with Gasteiger partial charge in [-0.15, -0.1) is 0 Å². The first-order valence-corrected chi connectivity index (χ1v) is 7.29. The van der Waals surface area contributed by atoms with Crippen LogP contribution in [0.3, 0.4) is 0 Å². The maximum Gasteiger partial charge on any atom is 0.354 e. The summed E-state index contributed by atoms with van der Waals surface area (Å²) < 4.78 is 4.93. The Kier molecular flexibility index (Phi) is 4.49. The molecule has 0 fully saturated rings. The number of hydrazone groups is 1. The molecule has 0 saturated heterocycles. The van der Waals surface area contributed by atoms with Crippen LogP contribution in [-0.2, 0) is 20.7 Å². The van der Waals surface area contributed by atoms with Gasteiger partial charge in [-0.3, -0.25) is 0 Å². The van der Waals surface area contributed by atoms with E-state index < -0.39 is 17.5 Å². The van der Waals surface area contributed by atoms with Crippen LogP contribution in [0.25, 0.3) is 0 Å². The summed E-state index contributed by atoms with van der Waals surface area (Å²) in [6, 6.07) is 7.49. The van der Waals surface area contributed by atoms with Crippen LogP contribution < -0.4 is 5.01 Å². The van der Waals surface area contributed by atoms with Crippen molar-refractivity contribution in [1.82, 2.24) is 0 Å². The van der Waals surface area contributed by atoms with Gasteiger partial charge in [-0.1, -0.05) is 19.1 Å². The third-order valence-corrected chi connectivity index (χ3v) is 3.76. The van der Waals surface area contributed by atoms with Gasteiger partial charge in [0.1, 0.15) is 5.71 Å². The molecule has 118 valence electrons. The van der Waals surface area contributed by atoms with E-state index in [0.717, 1.165) is 12.0 Å². The zero-order chi connectivity index (χ0) is 16.3. The third kappa shape index (κ3) is 2.81. The zero-order valence-electron chi connectivity index (χ0n) is 13.0. The molecule has 1 heterocycles. The molecule has 1 atom stereocenters. The highest BCUT2D eigenvalue weighted by molar-refractivity contribution is 6.38. The number of carboxylic acid groups (broad SMARTS) is 1. The number of hydrogen-bond donors (Lipinski definition) is 1. The Bertz CT molecular complexity index is 609. The van der Waals surface area contributed by atoms with E-state index in [1.165, 1.54) is 5.01 Å². The third-order valence-electron chi connectivity index (χ3n) is 3.76. The number of aliphatic carboxylic acids is 1. The maximum absolute atomic E-state index is 11.9. The molecule has 0 aliphatic carbocycles. The van der Waals surface area contributed by atoms with Crippen molar-refractivity contribution in [1.29, 1.82) is 0 Å². The molecule has 0 unspecified atom stereocenters. The maximum atomic E-state index is 11.9. The first kappa shape index (κ1) is 16.0. The molecule has 1 aliphatic heterocycles. The van der Waals surface area contributed by atoms with Crippen molar-refractivity contribution in [3.63, 3.8) is 0 Å². The quantitative estimate of drug-likeness (QED) is 0.844. The van der Waals surface area contributed by atoms with Gasteiger partial charge in [0.05, 0.1) is 12.3 Å². The highest BCUT2D eigenvalue weighted by atomic mass is 16.5. The van der Waals surface area contributed by atoms with Crippen molar-refractivity contribution in [2.75, 3.05) is 11.6 Å². The molecule has 1 aromatic carbocycles. The smallest absolute Gasteiger partial charge is 0.354 e. The van der Waals surface area contributed by atoms with Crippen molar-refractivity contribution in [3.05, 3.63) is 29.8 Å². The molecular weight excluding hydrogens is 284 g/mol. The number of esters is 1. The Balaban J connectivity index is 2.38. The van der Waals surface area contributed by atoms with Crippen LogP contribution >= 0.6 is 0 Å². The van der Waals surface area contributed by atoms with Crippen molar-refractivity contribution >= 4 is 23.3 Å². The molecular formula is C16H20N2O4. The molecule has 6 heteroatoms. The van der Waals surface area contributed by atoms with Crippen molar-refractivity contribution in [2.24, 2.45) is 5.10 Å². The largest absolute Gasteiger partial charge is 0.479 e. The lowest BCUT2D eigenvalue weighted by atomic mass is 9.95. The molecule has 0 aromatic heterocycles. The number of carbonyl (C=O) groups is 2. The minimum absolute atomic E-state index is 0.0106. The van der Waals surface area contributed by atoms with Gasteiger partial charge in [-0.2, -0.15) is 5.10 Å². The summed E-state index contributed by atoms with van der Waals surface area (Å²) in [7, 11) is 0. The number of benzene rings is 1. The Hall–Kier alpha value is -2.37. The van der Waals surface area contributed by atoms with Crippen LogP contribution in [0.15, 0.2) is 29.4 Å². The van der Waals surface area contributed by atoms with E-state index in [9.17, 15) is 14.7 Å². The second-order valence-corrected chi connectivity index (χ2v) is 5.35. The SMILES string of the molecule is CCOC(=O)C1=NN(c2ccc(CC)cc2)[C@@](C)(C(=O)O)C1. The molecule has 1 aliphatic rings. The molecule has 0 saturated carbocycles. The Labute approximate surface area is 129 Å². The van der Waals surface area contributed by atoms with Gasteiger partial charge >= 0.3 is 11.9 Å². The van der Waals surface area contributed by atoms with Gasteiger partial charge in [-0.25, -0.2) is 14.6 Å². The molecule has 1 N–H and O–H groups in total. The molecule has 6 nitrogen and oxygen atoms in total. The average Bonchev–Trinajstić information content (AvgIpc) is 2.87. The van der Waals surface area contributed by atoms with E-state index in [-0.39, 0.29) is 18.7 Å². The summed E-state index contributed by atoms with van der Waals surface area (Å²) >= 11 is 0. The Morgan fingerprint density at radius 2 is 1.95 bits per heavy atom. The lowest BCUT2D eigenvalue weighted by Crippen LogP contribution is -2.47. The van der Waals surface area contributed by atoms with Crippen molar-refractivity contribution < 1.29 is 19.4 Å². The minimum Gasteiger partial charge on any atom is -0.479 e. The lowest BCUT2D eigenvalue weighted by Gasteiger charge is -2.30. The Morgan fingerprint density at radius 3 is 2.45 bits per heavy atom. The van der Waals surface area contributed by atoms with Crippen molar-refractivity contribution in [3.8, 4) is 0 Å². The average molecular weight is 304 g/mol. The van der Waals surface area contributed by atoms with E-state index in [1.54, 1.807) is 13.8 Å². The Morgan fingerprint density at radius 1 is 1.32 bits per heavy atom. The summed E-state index contributed by atoms with van der Waals surface area (Å²) in [6.45, 7) is 5.53. The topological polar surface area (TPSA) is 79.2 Å². The second-order valence-electron chi connectivity index (χ2n) is 5.35. The van der Waals surface area contributed by atoms with E-state index in [4.69, 9.17) is 4.74 Å². The fraction of sp³-hybridized carbons (Fsp3) is 0.438. The highest BCUT2D eigenvalue weighted by Crippen LogP contribution is 2.33. The molecule has 1 aromatic rings. The molecule has 22 heavy (non-hydrogen) atoms. The summed E-state index contributed by atoms with van der Waals surface area (Å²) in [5.41, 5.74) is 0.623. The number of ether oxygens (including phenoxy) is 1. The zero-order valence-corrected chi connectivity index (χ0v) is 13.0. The van der Waals surface area contributed by atoms with Crippen LogP contribution in [0.2, 0.25) is 0 Å². The van der Waals surface area contributed by atoms with Crippen LogP contribution in [0.5, 0.6) is 0 Å². The standard InChI is InChI=1S/C16H20N2O4/c1-4-11-6-8-12(9-7-11)18-16(3,15(20)21)10-13(17-18)14(19)22-5-2/h6-9H,4-5,10H2,1-3H3,(H,20,21)/t16-/m1/s1.